The molecule has 4 nitrogen and oxygen atoms in total. The molecule has 0 unspecified atom stereocenters. The molecule has 0 radical (unpaired) electrons. The maximum atomic E-state index is 12.8. The fraction of sp³-hybridized carbons (Fsp3) is 0.731. The van der Waals surface area contributed by atoms with Crippen LogP contribution in [0.2, 0.25) is 0 Å². The van der Waals surface area contributed by atoms with E-state index in [9.17, 15) is 9.90 Å². The number of amides is 1. The minimum absolute atomic E-state index is 0.0187. The van der Waals surface area contributed by atoms with Crippen molar-refractivity contribution in [1.82, 2.24) is 5.32 Å². The van der Waals surface area contributed by atoms with Gasteiger partial charge in [0.05, 0.1) is 12.6 Å². The third-order valence-corrected chi connectivity index (χ3v) is 6.51. The van der Waals surface area contributed by atoms with Gasteiger partial charge in [0.2, 0.25) is 5.91 Å². The summed E-state index contributed by atoms with van der Waals surface area (Å²) in [6.07, 6.45) is 17.4. The number of hydrogen-bond donors (Lipinski definition) is 2. The Morgan fingerprint density at radius 1 is 0.933 bits per heavy atom. The van der Waals surface area contributed by atoms with Crippen molar-refractivity contribution < 1.29 is 9.90 Å². The largest absolute Gasteiger partial charge is 0.394 e. The third-order valence-electron chi connectivity index (χ3n) is 6.51. The highest BCUT2D eigenvalue weighted by Gasteiger charge is 2.29. The molecule has 1 aromatic carbocycles. The molecule has 1 amide bonds. The van der Waals surface area contributed by atoms with E-state index >= 15 is 0 Å². The van der Waals surface area contributed by atoms with E-state index in [0.717, 1.165) is 18.5 Å². The summed E-state index contributed by atoms with van der Waals surface area (Å²) in [5.74, 6) is 0.0501. The average molecular weight is 417 g/mol. The first-order valence-electron chi connectivity index (χ1n) is 12.4. The highest BCUT2D eigenvalue weighted by Crippen LogP contribution is 2.26. The lowest BCUT2D eigenvalue weighted by Gasteiger charge is -2.35. The third kappa shape index (κ3) is 8.29. The zero-order valence-corrected chi connectivity index (χ0v) is 19.4. The van der Waals surface area contributed by atoms with Crippen LogP contribution in [-0.4, -0.2) is 36.8 Å². The van der Waals surface area contributed by atoms with E-state index in [1.807, 2.05) is 19.2 Å². The van der Waals surface area contributed by atoms with Crippen LogP contribution in [0, 0.1) is 0 Å². The number of para-hydroxylation sites is 1. The van der Waals surface area contributed by atoms with Crippen LogP contribution in [0.4, 0.5) is 5.69 Å². The number of aliphatic hydroxyl groups is 1. The number of fused-ring (bicyclic) bond motifs is 1. The van der Waals surface area contributed by atoms with Crippen molar-refractivity contribution in [1.29, 1.82) is 0 Å². The number of unbranched alkanes of at least 4 members (excludes halogenated alkanes) is 11. The van der Waals surface area contributed by atoms with Gasteiger partial charge in [-0.15, -0.1) is 0 Å². The average Bonchev–Trinajstić information content (AvgIpc) is 2.75. The normalized spacial score (nSPS) is 19.2. The minimum atomic E-state index is -0.197. The van der Waals surface area contributed by atoms with Crippen molar-refractivity contribution in [3.8, 4) is 0 Å². The van der Waals surface area contributed by atoms with Crippen LogP contribution >= 0.6 is 0 Å². The van der Waals surface area contributed by atoms with Crippen molar-refractivity contribution in [3.63, 3.8) is 0 Å². The molecule has 1 aromatic rings. The Hall–Kier alpha value is -1.55. The van der Waals surface area contributed by atoms with Gasteiger partial charge in [-0.3, -0.25) is 4.79 Å². The first-order chi connectivity index (χ1) is 14.7. The van der Waals surface area contributed by atoms with Crippen LogP contribution in [0.15, 0.2) is 24.3 Å². The SMILES string of the molecule is CCCCCCCCCCCCCC[C@H]1C(=O)N[C@H](CO)Cc2ccccc2N1C. The van der Waals surface area contributed by atoms with Gasteiger partial charge in [-0.1, -0.05) is 102 Å². The van der Waals surface area contributed by atoms with Crippen LogP contribution in [-0.2, 0) is 11.2 Å². The molecule has 0 aromatic heterocycles. The second-order valence-corrected chi connectivity index (χ2v) is 9.03. The summed E-state index contributed by atoms with van der Waals surface area (Å²) in [6, 6.07) is 7.90. The van der Waals surface area contributed by atoms with Gasteiger partial charge in [-0.2, -0.15) is 0 Å². The molecule has 0 saturated carbocycles. The summed E-state index contributed by atoms with van der Waals surface area (Å²) in [6.45, 7) is 2.25. The minimum Gasteiger partial charge on any atom is -0.394 e. The lowest BCUT2D eigenvalue weighted by atomic mass is 9.97. The predicted molar refractivity (Wildman–Crippen MR) is 127 cm³/mol. The van der Waals surface area contributed by atoms with Crippen molar-refractivity contribution in [2.45, 2.75) is 109 Å². The van der Waals surface area contributed by atoms with Gasteiger partial charge in [0, 0.05) is 12.7 Å². The molecular weight excluding hydrogens is 372 g/mol. The first kappa shape index (κ1) is 24.7. The van der Waals surface area contributed by atoms with Crippen LogP contribution in [0.1, 0.15) is 96.0 Å². The number of nitrogens with one attached hydrogen (secondary N) is 1. The summed E-state index contributed by atoms with van der Waals surface area (Å²) < 4.78 is 0. The molecule has 0 bridgehead atoms. The van der Waals surface area contributed by atoms with E-state index in [0.29, 0.717) is 6.42 Å². The van der Waals surface area contributed by atoms with Gasteiger partial charge in [-0.25, -0.2) is 0 Å². The van der Waals surface area contributed by atoms with Crippen molar-refractivity contribution in [2.75, 3.05) is 18.6 Å². The lowest BCUT2D eigenvalue weighted by Crippen LogP contribution is -2.52. The van der Waals surface area contributed by atoms with E-state index in [1.165, 1.54) is 76.2 Å². The van der Waals surface area contributed by atoms with Crippen molar-refractivity contribution in [2.24, 2.45) is 0 Å². The Morgan fingerprint density at radius 2 is 1.50 bits per heavy atom. The Bertz CT molecular complexity index is 604. The summed E-state index contributed by atoms with van der Waals surface area (Å²) in [4.78, 5) is 15.0. The second kappa shape index (κ2) is 14.5. The van der Waals surface area contributed by atoms with Crippen molar-refractivity contribution in [3.05, 3.63) is 29.8 Å². The van der Waals surface area contributed by atoms with Crippen LogP contribution < -0.4 is 10.2 Å². The number of nitrogens with zero attached hydrogens (tertiary/aromatic N) is 1. The Balaban J connectivity index is 1.69. The highest BCUT2D eigenvalue weighted by molar-refractivity contribution is 5.86. The number of likely N-dealkylation sites (N-methyl/N-ethyl adjacent to an activating group) is 1. The monoisotopic (exact) mass is 416 g/mol. The molecule has 4 heteroatoms. The number of rotatable bonds is 14. The van der Waals surface area contributed by atoms with E-state index in [2.05, 4.69) is 29.3 Å². The maximum absolute atomic E-state index is 12.8. The van der Waals surface area contributed by atoms with E-state index in [-0.39, 0.29) is 24.6 Å². The quantitative estimate of drug-likeness (QED) is 0.387. The number of carbonyl (C=O) groups is 1. The van der Waals surface area contributed by atoms with E-state index in [1.54, 1.807) is 0 Å². The summed E-state index contributed by atoms with van der Waals surface area (Å²) >= 11 is 0. The summed E-state index contributed by atoms with van der Waals surface area (Å²) in [5.41, 5.74) is 2.31. The smallest absolute Gasteiger partial charge is 0.242 e. The number of anilines is 1. The van der Waals surface area contributed by atoms with Crippen molar-refractivity contribution >= 4 is 11.6 Å². The van der Waals surface area contributed by atoms with Gasteiger partial charge in [0.15, 0.2) is 0 Å². The van der Waals surface area contributed by atoms with Gasteiger partial charge in [0.25, 0.3) is 0 Å². The number of carbonyl (C=O) groups excluding carboxylic acids is 1. The molecule has 30 heavy (non-hydrogen) atoms. The van der Waals surface area contributed by atoms with Crippen LogP contribution in [0.3, 0.4) is 0 Å². The fourth-order valence-electron chi connectivity index (χ4n) is 4.60. The molecule has 2 N–H and O–H groups in total. The number of hydrogen-bond acceptors (Lipinski definition) is 3. The molecule has 1 aliphatic heterocycles. The molecule has 2 rings (SSSR count). The van der Waals surface area contributed by atoms with Gasteiger partial charge in [0.1, 0.15) is 6.04 Å². The molecule has 1 heterocycles. The van der Waals surface area contributed by atoms with Crippen LogP contribution in [0.25, 0.3) is 0 Å². The molecule has 170 valence electrons. The molecule has 2 atom stereocenters. The molecule has 0 saturated heterocycles. The Morgan fingerprint density at radius 3 is 2.10 bits per heavy atom. The standard InChI is InChI=1S/C26H44N2O2/c1-3-4-5-6-7-8-9-10-11-12-13-14-19-25-26(30)27-23(21-29)20-22-17-15-16-18-24(22)28(25)2/h15-18,23,25,29H,3-14,19-21H2,1-2H3,(H,27,30)/t23-,25-/m0/s1. The number of benzene rings is 1. The topological polar surface area (TPSA) is 52.6 Å². The highest BCUT2D eigenvalue weighted by atomic mass is 16.3. The fourth-order valence-corrected chi connectivity index (χ4v) is 4.60. The Labute approximate surface area is 184 Å². The summed E-state index contributed by atoms with van der Waals surface area (Å²) in [7, 11) is 2.03. The zero-order chi connectivity index (χ0) is 21.6. The number of aliphatic hydroxyl groups excluding tert-OH is 1. The second-order valence-electron chi connectivity index (χ2n) is 9.03. The van der Waals surface area contributed by atoms with Gasteiger partial charge < -0.3 is 15.3 Å². The molecule has 0 aliphatic carbocycles. The van der Waals surface area contributed by atoms with Gasteiger partial charge >= 0.3 is 0 Å². The Kier molecular flexibility index (Phi) is 11.9. The maximum Gasteiger partial charge on any atom is 0.242 e. The van der Waals surface area contributed by atoms with E-state index < -0.39 is 0 Å². The lowest BCUT2D eigenvalue weighted by molar-refractivity contribution is -0.123. The molecule has 1 aliphatic rings. The predicted octanol–water partition coefficient (Wildman–Crippen LogP) is 5.62. The van der Waals surface area contributed by atoms with Gasteiger partial charge in [-0.05, 0) is 24.5 Å². The summed E-state index contributed by atoms with van der Waals surface area (Å²) in [5, 5.41) is 12.7. The first-order valence-corrected chi connectivity index (χ1v) is 12.4. The zero-order valence-electron chi connectivity index (χ0n) is 19.4. The molecule has 0 fully saturated rings. The molecular formula is C26H44N2O2. The van der Waals surface area contributed by atoms with E-state index in [4.69, 9.17) is 0 Å². The van der Waals surface area contributed by atoms with Crippen LogP contribution in [0.5, 0.6) is 0 Å². The molecule has 0 spiro atoms.